The number of nitrogens with zero attached hydrogens (tertiary/aromatic N) is 1. The van der Waals surface area contributed by atoms with Crippen LogP contribution >= 0.6 is 0 Å². The van der Waals surface area contributed by atoms with Crippen molar-refractivity contribution in [1.29, 1.82) is 0 Å². The summed E-state index contributed by atoms with van der Waals surface area (Å²) in [4.78, 5) is 21.1. The van der Waals surface area contributed by atoms with Crippen LogP contribution in [-0.4, -0.2) is 16.9 Å². The first-order valence-corrected chi connectivity index (χ1v) is 5.88. The molecule has 2 rings (SSSR count). The van der Waals surface area contributed by atoms with E-state index in [1.807, 2.05) is 6.92 Å². The molecule has 5 nitrogen and oxygen atoms in total. The zero-order chi connectivity index (χ0) is 14.2. The second-order valence-corrected chi connectivity index (χ2v) is 4.52. The summed E-state index contributed by atoms with van der Waals surface area (Å²) in [6.45, 7) is 1.98. The van der Waals surface area contributed by atoms with E-state index in [0.717, 1.165) is 12.8 Å². The molecule has 0 saturated heterocycles. The fourth-order valence-corrected chi connectivity index (χ4v) is 1.97. The van der Waals surface area contributed by atoms with Crippen molar-refractivity contribution in [3.63, 3.8) is 0 Å². The quantitative estimate of drug-likeness (QED) is 0.674. The number of hydrogen-bond acceptors (Lipinski definition) is 3. The lowest BCUT2D eigenvalue weighted by Crippen LogP contribution is -2.27. The van der Waals surface area contributed by atoms with Crippen molar-refractivity contribution in [2.75, 3.05) is 0 Å². The molecule has 1 amide bonds. The normalized spacial score (nSPS) is 21.0. The molecule has 7 heteroatoms. The summed E-state index contributed by atoms with van der Waals surface area (Å²) in [7, 11) is 0. The van der Waals surface area contributed by atoms with E-state index in [1.54, 1.807) is 0 Å². The predicted molar refractivity (Wildman–Crippen MR) is 62.7 cm³/mol. The number of nitro groups is 1. The van der Waals surface area contributed by atoms with Crippen LogP contribution in [0.2, 0.25) is 0 Å². The zero-order valence-corrected chi connectivity index (χ0v) is 10.2. The molecule has 0 radical (unpaired) electrons. The Hall–Kier alpha value is -2.05. The van der Waals surface area contributed by atoms with E-state index in [-0.39, 0.29) is 6.04 Å². The Bertz CT molecular complexity index is 548. The average Bonchev–Trinajstić information content (AvgIpc) is 3.09. The van der Waals surface area contributed by atoms with Gasteiger partial charge in [-0.15, -0.1) is 0 Å². The Kier molecular flexibility index (Phi) is 3.46. The number of nitrogens with one attached hydrogen (secondary N) is 1. The van der Waals surface area contributed by atoms with Gasteiger partial charge in [0, 0.05) is 6.04 Å². The fourth-order valence-electron chi connectivity index (χ4n) is 1.97. The van der Waals surface area contributed by atoms with Crippen molar-refractivity contribution in [2.24, 2.45) is 5.92 Å². The Morgan fingerprint density at radius 3 is 2.68 bits per heavy atom. The van der Waals surface area contributed by atoms with Gasteiger partial charge in [-0.1, -0.05) is 13.3 Å². The van der Waals surface area contributed by atoms with Crippen molar-refractivity contribution in [2.45, 2.75) is 25.8 Å². The van der Waals surface area contributed by atoms with Crippen molar-refractivity contribution >= 4 is 11.6 Å². The third kappa shape index (κ3) is 2.69. The summed E-state index contributed by atoms with van der Waals surface area (Å²) in [5, 5.41) is 13.0. The molecule has 0 aromatic heterocycles. The lowest BCUT2D eigenvalue weighted by atomic mass is 10.1. The summed E-state index contributed by atoms with van der Waals surface area (Å²) in [5.74, 6) is -2.69. The van der Waals surface area contributed by atoms with Gasteiger partial charge in [-0.2, -0.15) is 4.39 Å². The Morgan fingerprint density at radius 2 is 2.16 bits per heavy atom. The number of halogens is 2. The maximum absolute atomic E-state index is 13.6. The Labute approximate surface area is 107 Å². The topological polar surface area (TPSA) is 72.2 Å². The first-order valence-electron chi connectivity index (χ1n) is 5.88. The summed E-state index contributed by atoms with van der Waals surface area (Å²) in [5.41, 5.74) is -1.49. The molecular formula is C12H12F2N2O3. The summed E-state index contributed by atoms with van der Waals surface area (Å²) in [6.07, 6.45) is 1.72. The van der Waals surface area contributed by atoms with Gasteiger partial charge in [-0.25, -0.2) is 4.39 Å². The lowest BCUT2D eigenvalue weighted by Gasteiger charge is -2.05. The van der Waals surface area contributed by atoms with E-state index in [1.165, 1.54) is 0 Å². The van der Waals surface area contributed by atoms with Crippen molar-refractivity contribution < 1.29 is 18.5 Å². The number of amides is 1. The van der Waals surface area contributed by atoms with Crippen molar-refractivity contribution in [3.8, 4) is 0 Å². The molecule has 1 fully saturated rings. The van der Waals surface area contributed by atoms with Crippen LogP contribution in [0.4, 0.5) is 14.5 Å². The van der Waals surface area contributed by atoms with E-state index in [2.05, 4.69) is 5.32 Å². The first kappa shape index (κ1) is 13.4. The standard InChI is InChI=1S/C12H12F2N2O3/c1-2-6-3-10(6)15-12(17)7-4-9(14)11(16(18)19)5-8(7)13/h4-6,10H,2-3H2,1H3,(H,15,17). The van der Waals surface area contributed by atoms with Gasteiger partial charge in [0.05, 0.1) is 16.6 Å². The minimum atomic E-state index is -1.22. The Morgan fingerprint density at radius 1 is 1.47 bits per heavy atom. The molecule has 0 bridgehead atoms. The van der Waals surface area contributed by atoms with Crippen LogP contribution in [0.1, 0.15) is 30.1 Å². The molecule has 0 heterocycles. The van der Waals surface area contributed by atoms with Crippen LogP contribution in [0.5, 0.6) is 0 Å². The molecule has 0 spiro atoms. The van der Waals surface area contributed by atoms with Gasteiger partial charge in [0.25, 0.3) is 5.91 Å². The lowest BCUT2D eigenvalue weighted by molar-refractivity contribution is -0.387. The molecular weight excluding hydrogens is 258 g/mol. The monoisotopic (exact) mass is 270 g/mol. The van der Waals surface area contributed by atoms with Gasteiger partial charge in [-0.05, 0) is 18.4 Å². The summed E-state index contributed by atoms with van der Waals surface area (Å²) < 4.78 is 26.9. The molecule has 1 aromatic rings. The Balaban J connectivity index is 2.18. The number of carbonyl (C=O) groups excluding carboxylic acids is 1. The number of carbonyl (C=O) groups is 1. The van der Waals surface area contributed by atoms with Crippen LogP contribution in [-0.2, 0) is 0 Å². The van der Waals surface area contributed by atoms with E-state index < -0.39 is 33.7 Å². The van der Waals surface area contributed by atoms with Crippen LogP contribution in [0.15, 0.2) is 12.1 Å². The minimum absolute atomic E-state index is 0.0184. The van der Waals surface area contributed by atoms with E-state index >= 15 is 0 Å². The predicted octanol–water partition coefficient (Wildman–Crippen LogP) is 2.40. The largest absolute Gasteiger partial charge is 0.349 e. The second-order valence-electron chi connectivity index (χ2n) is 4.52. The fraction of sp³-hybridized carbons (Fsp3) is 0.417. The number of hydrogen-bond donors (Lipinski definition) is 1. The second kappa shape index (κ2) is 4.91. The van der Waals surface area contributed by atoms with Gasteiger partial charge in [0.15, 0.2) is 0 Å². The van der Waals surface area contributed by atoms with Gasteiger partial charge < -0.3 is 5.32 Å². The van der Waals surface area contributed by atoms with Crippen LogP contribution < -0.4 is 5.32 Å². The minimum Gasteiger partial charge on any atom is -0.349 e. The highest BCUT2D eigenvalue weighted by atomic mass is 19.1. The molecule has 19 heavy (non-hydrogen) atoms. The van der Waals surface area contributed by atoms with Crippen LogP contribution in [0, 0.1) is 27.7 Å². The van der Waals surface area contributed by atoms with E-state index in [0.29, 0.717) is 18.1 Å². The smallest absolute Gasteiger partial charge is 0.307 e. The number of benzene rings is 1. The highest BCUT2D eigenvalue weighted by Crippen LogP contribution is 2.33. The molecule has 2 atom stereocenters. The van der Waals surface area contributed by atoms with Crippen molar-refractivity contribution in [3.05, 3.63) is 39.4 Å². The molecule has 1 aromatic carbocycles. The van der Waals surface area contributed by atoms with Gasteiger partial charge in [0.2, 0.25) is 5.82 Å². The molecule has 2 unspecified atom stereocenters. The van der Waals surface area contributed by atoms with Gasteiger partial charge in [-0.3, -0.25) is 14.9 Å². The SMILES string of the molecule is CCC1CC1NC(=O)c1cc(F)c([N+](=O)[O-])cc1F. The zero-order valence-electron chi connectivity index (χ0n) is 10.2. The molecule has 1 saturated carbocycles. The van der Waals surface area contributed by atoms with Gasteiger partial charge >= 0.3 is 5.69 Å². The van der Waals surface area contributed by atoms with E-state index in [4.69, 9.17) is 0 Å². The summed E-state index contributed by atoms with van der Waals surface area (Å²) in [6, 6.07) is 0.968. The van der Waals surface area contributed by atoms with Crippen molar-refractivity contribution in [1.82, 2.24) is 5.32 Å². The molecule has 1 aliphatic rings. The number of nitro benzene ring substituents is 1. The molecule has 102 valence electrons. The van der Waals surface area contributed by atoms with Gasteiger partial charge in [0.1, 0.15) is 5.82 Å². The van der Waals surface area contributed by atoms with Crippen LogP contribution in [0.25, 0.3) is 0 Å². The molecule has 1 N–H and O–H groups in total. The van der Waals surface area contributed by atoms with Crippen LogP contribution in [0.3, 0.4) is 0 Å². The average molecular weight is 270 g/mol. The summed E-state index contributed by atoms with van der Waals surface area (Å²) >= 11 is 0. The maximum Gasteiger partial charge on any atom is 0.307 e. The molecule has 1 aliphatic carbocycles. The molecule has 0 aliphatic heterocycles. The number of rotatable bonds is 4. The van der Waals surface area contributed by atoms with E-state index in [9.17, 15) is 23.7 Å². The highest BCUT2D eigenvalue weighted by molar-refractivity contribution is 5.95. The highest BCUT2D eigenvalue weighted by Gasteiger charge is 2.37. The maximum atomic E-state index is 13.6. The first-order chi connectivity index (χ1) is 8.93. The third-order valence-corrected chi connectivity index (χ3v) is 3.24. The third-order valence-electron chi connectivity index (χ3n) is 3.24.